The summed E-state index contributed by atoms with van der Waals surface area (Å²) in [6.45, 7) is 1.50. The second-order valence-electron chi connectivity index (χ2n) is 4.28. The van der Waals surface area contributed by atoms with E-state index in [1.807, 2.05) is 10.9 Å². The van der Waals surface area contributed by atoms with Crippen LogP contribution >= 0.6 is 39.7 Å². The highest BCUT2D eigenvalue weighted by molar-refractivity contribution is 9.10. The Hall–Kier alpha value is -1.18. The van der Waals surface area contributed by atoms with Gasteiger partial charge in [0.2, 0.25) is 0 Å². The second-order valence-corrected chi connectivity index (χ2v) is 6.02. The molecule has 0 spiro atoms. The van der Waals surface area contributed by atoms with E-state index in [0.717, 1.165) is 17.4 Å². The third-order valence-electron chi connectivity index (χ3n) is 2.63. The van der Waals surface area contributed by atoms with Crippen LogP contribution in [0.1, 0.15) is 6.42 Å². The Morgan fingerprint density at radius 3 is 2.95 bits per heavy atom. The molecule has 2 N–H and O–H groups in total. The van der Waals surface area contributed by atoms with E-state index >= 15 is 0 Å². The van der Waals surface area contributed by atoms with E-state index in [2.05, 4.69) is 31.7 Å². The van der Waals surface area contributed by atoms with Crippen LogP contribution in [0.15, 0.2) is 35.1 Å². The van der Waals surface area contributed by atoms with Crippen LogP contribution in [-0.4, -0.2) is 21.4 Å². The second kappa shape index (κ2) is 7.72. The fourth-order valence-electron chi connectivity index (χ4n) is 1.65. The largest absolute Gasteiger partial charge is 0.362 e. The van der Waals surface area contributed by atoms with Crippen LogP contribution in [0.25, 0.3) is 0 Å². The summed E-state index contributed by atoms with van der Waals surface area (Å²) in [6.07, 6.45) is 4.54. The van der Waals surface area contributed by atoms with Gasteiger partial charge in [0, 0.05) is 25.0 Å². The molecule has 0 aliphatic rings. The molecule has 0 fully saturated rings. The lowest BCUT2D eigenvalue weighted by molar-refractivity contribution is 0.573. The van der Waals surface area contributed by atoms with Crippen molar-refractivity contribution in [1.82, 2.24) is 15.1 Å². The Balaban J connectivity index is 1.71. The summed E-state index contributed by atoms with van der Waals surface area (Å²) in [4.78, 5) is 0. The number of thiocarbonyl (C=S) groups is 1. The Labute approximate surface area is 140 Å². The Kier molecular flexibility index (Phi) is 5.96. The zero-order valence-electron chi connectivity index (χ0n) is 10.9. The van der Waals surface area contributed by atoms with Gasteiger partial charge in [0.15, 0.2) is 5.11 Å². The van der Waals surface area contributed by atoms with E-state index in [4.69, 9.17) is 23.8 Å². The average molecular weight is 392 g/mol. The predicted molar refractivity (Wildman–Crippen MR) is 90.2 cm³/mol. The first kappa shape index (κ1) is 16.2. The van der Waals surface area contributed by atoms with Crippen molar-refractivity contribution < 1.29 is 4.39 Å². The summed E-state index contributed by atoms with van der Waals surface area (Å²) in [6, 6.07) is 4.37. The standard InChI is InChI=1S/C13H13BrClFN4S/c14-9-7-18-20(8-9)5-1-4-17-13(21)19-10-2-3-12(16)11(15)6-10/h2-3,6-8H,1,4-5H2,(H2,17,19,21). The number of rotatable bonds is 5. The number of hydrogen-bond acceptors (Lipinski definition) is 2. The van der Waals surface area contributed by atoms with Crippen molar-refractivity contribution in [2.75, 3.05) is 11.9 Å². The Morgan fingerprint density at radius 1 is 1.48 bits per heavy atom. The molecule has 21 heavy (non-hydrogen) atoms. The van der Waals surface area contributed by atoms with Crippen LogP contribution in [0.4, 0.5) is 10.1 Å². The van der Waals surface area contributed by atoms with Crippen molar-refractivity contribution in [3.8, 4) is 0 Å². The molecule has 112 valence electrons. The molecule has 0 atom stereocenters. The quantitative estimate of drug-likeness (QED) is 0.601. The topological polar surface area (TPSA) is 41.9 Å². The van der Waals surface area contributed by atoms with Crippen molar-refractivity contribution >= 4 is 50.5 Å². The van der Waals surface area contributed by atoms with Gasteiger partial charge < -0.3 is 10.6 Å². The van der Waals surface area contributed by atoms with Gasteiger partial charge in [-0.3, -0.25) is 4.68 Å². The van der Waals surface area contributed by atoms with Crippen molar-refractivity contribution in [3.63, 3.8) is 0 Å². The highest BCUT2D eigenvalue weighted by Gasteiger charge is 2.02. The lowest BCUT2D eigenvalue weighted by atomic mass is 10.3. The fourth-order valence-corrected chi connectivity index (χ4v) is 2.38. The number of halogens is 3. The highest BCUT2D eigenvalue weighted by atomic mass is 79.9. The first-order valence-corrected chi connectivity index (χ1v) is 7.80. The van der Waals surface area contributed by atoms with Crippen LogP contribution in [-0.2, 0) is 6.54 Å². The highest BCUT2D eigenvalue weighted by Crippen LogP contribution is 2.19. The zero-order chi connectivity index (χ0) is 15.2. The Morgan fingerprint density at radius 2 is 2.29 bits per heavy atom. The van der Waals surface area contributed by atoms with Crippen LogP contribution in [0.3, 0.4) is 0 Å². The number of aryl methyl sites for hydroxylation is 1. The molecule has 0 unspecified atom stereocenters. The molecule has 2 aromatic rings. The lowest BCUT2D eigenvalue weighted by Crippen LogP contribution is -2.29. The molecule has 4 nitrogen and oxygen atoms in total. The number of benzene rings is 1. The van der Waals surface area contributed by atoms with Gasteiger partial charge in [0.25, 0.3) is 0 Å². The van der Waals surface area contributed by atoms with Gasteiger partial charge in [-0.05, 0) is 52.8 Å². The molecule has 0 saturated carbocycles. The first-order chi connectivity index (χ1) is 10.0. The monoisotopic (exact) mass is 390 g/mol. The van der Waals surface area contributed by atoms with Gasteiger partial charge in [-0.2, -0.15) is 5.10 Å². The van der Waals surface area contributed by atoms with Gasteiger partial charge in [0.1, 0.15) is 5.82 Å². The number of nitrogens with zero attached hydrogens (tertiary/aromatic N) is 2. The van der Waals surface area contributed by atoms with Gasteiger partial charge in [0.05, 0.1) is 15.7 Å². The summed E-state index contributed by atoms with van der Waals surface area (Å²) < 4.78 is 15.8. The van der Waals surface area contributed by atoms with Crippen molar-refractivity contribution in [3.05, 3.63) is 45.9 Å². The minimum Gasteiger partial charge on any atom is -0.362 e. The maximum Gasteiger partial charge on any atom is 0.170 e. The molecule has 0 amide bonds. The van der Waals surface area contributed by atoms with Crippen LogP contribution in [0.5, 0.6) is 0 Å². The molecule has 0 radical (unpaired) electrons. The summed E-state index contributed by atoms with van der Waals surface area (Å²) in [5.41, 5.74) is 0.648. The van der Waals surface area contributed by atoms with Crippen molar-refractivity contribution in [1.29, 1.82) is 0 Å². The summed E-state index contributed by atoms with van der Waals surface area (Å²) in [5, 5.41) is 10.7. The molecule has 1 heterocycles. The smallest absolute Gasteiger partial charge is 0.170 e. The maximum absolute atomic E-state index is 13.0. The molecule has 1 aromatic carbocycles. The van der Waals surface area contributed by atoms with Crippen LogP contribution in [0.2, 0.25) is 5.02 Å². The molecule has 0 aliphatic heterocycles. The minimum absolute atomic E-state index is 0.0621. The van der Waals surface area contributed by atoms with Gasteiger partial charge in [-0.15, -0.1) is 0 Å². The van der Waals surface area contributed by atoms with Crippen LogP contribution < -0.4 is 10.6 Å². The van der Waals surface area contributed by atoms with E-state index in [-0.39, 0.29) is 5.02 Å². The van der Waals surface area contributed by atoms with Gasteiger partial charge in [-0.25, -0.2) is 4.39 Å². The molecular formula is C13H13BrClFN4S. The van der Waals surface area contributed by atoms with E-state index in [0.29, 0.717) is 17.3 Å². The molecule has 0 aliphatic carbocycles. The number of anilines is 1. The maximum atomic E-state index is 13.0. The number of aromatic nitrogens is 2. The molecular weight excluding hydrogens is 379 g/mol. The molecule has 1 aromatic heterocycles. The third-order valence-corrected chi connectivity index (χ3v) is 3.57. The van der Waals surface area contributed by atoms with Crippen molar-refractivity contribution in [2.45, 2.75) is 13.0 Å². The van der Waals surface area contributed by atoms with Gasteiger partial charge >= 0.3 is 0 Å². The average Bonchev–Trinajstić information content (AvgIpc) is 2.85. The minimum atomic E-state index is -0.452. The zero-order valence-corrected chi connectivity index (χ0v) is 14.1. The first-order valence-electron chi connectivity index (χ1n) is 6.22. The van der Waals surface area contributed by atoms with E-state index in [1.165, 1.54) is 12.1 Å². The van der Waals surface area contributed by atoms with Crippen molar-refractivity contribution in [2.24, 2.45) is 0 Å². The predicted octanol–water partition coefficient (Wildman–Crippen LogP) is 3.81. The van der Waals surface area contributed by atoms with E-state index < -0.39 is 5.82 Å². The summed E-state index contributed by atoms with van der Waals surface area (Å²) >= 11 is 14.2. The van der Waals surface area contributed by atoms with E-state index in [9.17, 15) is 4.39 Å². The Bertz CT molecular complexity index is 634. The van der Waals surface area contributed by atoms with E-state index in [1.54, 1.807) is 12.3 Å². The summed E-state index contributed by atoms with van der Waals surface area (Å²) in [7, 11) is 0. The number of nitrogens with one attached hydrogen (secondary N) is 2. The molecule has 0 bridgehead atoms. The third kappa shape index (κ3) is 5.26. The fraction of sp³-hybridized carbons (Fsp3) is 0.231. The lowest BCUT2D eigenvalue weighted by Gasteiger charge is -2.11. The number of hydrogen-bond donors (Lipinski definition) is 2. The molecule has 0 saturated heterocycles. The SMILES string of the molecule is Fc1ccc(NC(=S)NCCCn2cc(Br)cn2)cc1Cl. The van der Waals surface area contributed by atoms with Crippen LogP contribution in [0, 0.1) is 5.82 Å². The van der Waals surface area contributed by atoms with Gasteiger partial charge in [-0.1, -0.05) is 11.6 Å². The summed E-state index contributed by atoms with van der Waals surface area (Å²) in [5.74, 6) is -0.452. The molecule has 8 heteroatoms. The normalized spacial score (nSPS) is 10.4. The molecule has 2 rings (SSSR count).